The van der Waals surface area contributed by atoms with Crippen molar-refractivity contribution < 1.29 is 17.7 Å². The number of benzene rings is 1. The molecule has 0 atom stereocenters. The molecule has 0 unspecified atom stereocenters. The minimum Gasteiger partial charge on any atom is -0.361 e. The Morgan fingerprint density at radius 1 is 1.38 bits per heavy atom. The van der Waals surface area contributed by atoms with E-state index in [1.165, 1.54) is 6.07 Å². The van der Waals surface area contributed by atoms with Gasteiger partial charge in [0.2, 0.25) is 10.0 Å². The van der Waals surface area contributed by atoms with Crippen LogP contribution in [0.3, 0.4) is 0 Å². The molecule has 0 aliphatic carbocycles. The van der Waals surface area contributed by atoms with Crippen LogP contribution in [0.2, 0.25) is 0 Å². The second kappa shape index (κ2) is 5.62. The first-order chi connectivity index (χ1) is 9.79. The van der Waals surface area contributed by atoms with Crippen molar-refractivity contribution in [1.82, 2.24) is 14.9 Å². The average Bonchev–Trinajstić information content (AvgIpc) is 2.85. The molecule has 1 aromatic heterocycles. The van der Waals surface area contributed by atoms with E-state index in [0.717, 1.165) is 5.56 Å². The van der Waals surface area contributed by atoms with Crippen LogP contribution < -0.4 is 10.5 Å². The van der Waals surface area contributed by atoms with Crippen LogP contribution in [-0.4, -0.2) is 24.5 Å². The van der Waals surface area contributed by atoms with Crippen molar-refractivity contribution in [3.8, 4) is 0 Å². The van der Waals surface area contributed by atoms with Crippen molar-refractivity contribution in [2.24, 2.45) is 5.73 Å². The number of primary amides is 1. The Labute approximate surface area is 121 Å². The van der Waals surface area contributed by atoms with E-state index in [4.69, 9.17) is 5.73 Å². The van der Waals surface area contributed by atoms with Crippen molar-refractivity contribution in [2.45, 2.75) is 25.3 Å². The Hall–Kier alpha value is -2.26. The van der Waals surface area contributed by atoms with Gasteiger partial charge in [0.25, 0.3) is 0 Å². The van der Waals surface area contributed by atoms with Crippen LogP contribution in [-0.2, 0) is 16.6 Å². The van der Waals surface area contributed by atoms with Crippen LogP contribution in [0.1, 0.15) is 27.6 Å². The normalized spacial score (nSPS) is 11.5. The fourth-order valence-electron chi connectivity index (χ4n) is 1.76. The van der Waals surface area contributed by atoms with Crippen LogP contribution in [0.5, 0.6) is 0 Å². The standard InChI is InChI=1S/C12H14N4O4S/c1-7-3-4-9(8(2)5-7)21(18,19)14-6-10-15-12(11(13)17)20-16-10/h3-5,14H,6H2,1-2H3,(H2,13,17). The van der Waals surface area contributed by atoms with Gasteiger partial charge in [0.05, 0.1) is 11.4 Å². The zero-order valence-corrected chi connectivity index (χ0v) is 12.3. The predicted octanol–water partition coefficient (Wildman–Crippen LogP) is 0.264. The Kier molecular flexibility index (Phi) is 4.05. The highest BCUT2D eigenvalue weighted by atomic mass is 32.2. The summed E-state index contributed by atoms with van der Waals surface area (Å²) in [6.45, 7) is 3.38. The van der Waals surface area contributed by atoms with Gasteiger partial charge in [0, 0.05) is 0 Å². The molecule has 0 saturated heterocycles. The SMILES string of the molecule is Cc1ccc(S(=O)(=O)NCc2noc(C(N)=O)n2)c(C)c1. The van der Waals surface area contributed by atoms with Crippen molar-refractivity contribution in [3.05, 3.63) is 41.0 Å². The molecule has 21 heavy (non-hydrogen) atoms. The van der Waals surface area contributed by atoms with Gasteiger partial charge in [-0.2, -0.15) is 4.98 Å². The summed E-state index contributed by atoms with van der Waals surface area (Å²) in [5.74, 6) is -1.21. The molecule has 2 aromatic rings. The summed E-state index contributed by atoms with van der Waals surface area (Å²) in [4.78, 5) is 14.6. The molecule has 3 N–H and O–H groups in total. The molecule has 1 aromatic carbocycles. The van der Waals surface area contributed by atoms with Crippen LogP contribution in [0.25, 0.3) is 0 Å². The second-order valence-corrected chi connectivity index (χ2v) is 6.21. The largest absolute Gasteiger partial charge is 0.361 e. The zero-order chi connectivity index (χ0) is 15.6. The van der Waals surface area contributed by atoms with Gasteiger partial charge in [-0.1, -0.05) is 22.9 Å². The zero-order valence-electron chi connectivity index (χ0n) is 11.5. The number of amides is 1. The lowest BCUT2D eigenvalue weighted by atomic mass is 10.2. The quantitative estimate of drug-likeness (QED) is 0.815. The first-order valence-electron chi connectivity index (χ1n) is 5.99. The van der Waals surface area contributed by atoms with E-state index in [2.05, 4.69) is 19.4 Å². The number of nitrogens with zero attached hydrogens (tertiary/aromatic N) is 2. The summed E-state index contributed by atoms with van der Waals surface area (Å²) in [6, 6.07) is 5.01. The van der Waals surface area contributed by atoms with Gasteiger partial charge < -0.3 is 10.3 Å². The van der Waals surface area contributed by atoms with Gasteiger partial charge in [0.15, 0.2) is 5.82 Å². The highest BCUT2D eigenvalue weighted by Crippen LogP contribution is 2.16. The molecule has 0 radical (unpaired) electrons. The smallest absolute Gasteiger partial charge is 0.315 e. The third-order valence-corrected chi connectivity index (χ3v) is 4.28. The van der Waals surface area contributed by atoms with Crippen molar-refractivity contribution in [3.63, 3.8) is 0 Å². The number of nitrogens with two attached hydrogens (primary N) is 1. The summed E-state index contributed by atoms with van der Waals surface area (Å²) in [7, 11) is -3.70. The van der Waals surface area contributed by atoms with E-state index in [1.807, 2.05) is 6.92 Å². The predicted molar refractivity (Wildman–Crippen MR) is 72.8 cm³/mol. The van der Waals surface area contributed by atoms with Crippen LogP contribution in [0.15, 0.2) is 27.6 Å². The van der Waals surface area contributed by atoms with Crippen LogP contribution in [0.4, 0.5) is 0 Å². The highest BCUT2D eigenvalue weighted by Gasteiger charge is 2.18. The lowest BCUT2D eigenvalue weighted by Gasteiger charge is -2.08. The fraction of sp³-hybridized carbons (Fsp3) is 0.250. The molecule has 0 saturated carbocycles. The Bertz CT molecular complexity index is 782. The molecule has 112 valence electrons. The van der Waals surface area contributed by atoms with Gasteiger partial charge in [0.1, 0.15) is 0 Å². The molecule has 1 heterocycles. The lowest BCUT2D eigenvalue weighted by molar-refractivity contribution is 0.0958. The molecular formula is C12H14N4O4S. The molecule has 0 aliphatic heterocycles. The molecule has 2 rings (SSSR count). The number of carbonyl (C=O) groups is 1. The third kappa shape index (κ3) is 3.44. The van der Waals surface area contributed by atoms with E-state index in [0.29, 0.717) is 5.56 Å². The number of aryl methyl sites for hydroxylation is 2. The van der Waals surface area contributed by atoms with Gasteiger partial charge >= 0.3 is 11.8 Å². The van der Waals surface area contributed by atoms with E-state index in [9.17, 15) is 13.2 Å². The molecule has 0 fully saturated rings. The molecule has 0 bridgehead atoms. The Morgan fingerprint density at radius 2 is 2.10 bits per heavy atom. The van der Waals surface area contributed by atoms with Gasteiger partial charge in [-0.05, 0) is 25.5 Å². The average molecular weight is 310 g/mol. The number of sulfonamides is 1. The Balaban J connectivity index is 2.15. The van der Waals surface area contributed by atoms with Gasteiger partial charge in [-0.25, -0.2) is 13.1 Å². The maximum atomic E-state index is 12.2. The second-order valence-electron chi connectivity index (χ2n) is 4.47. The first-order valence-corrected chi connectivity index (χ1v) is 7.47. The van der Waals surface area contributed by atoms with Crippen molar-refractivity contribution >= 4 is 15.9 Å². The van der Waals surface area contributed by atoms with E-state index in [-0.39, 0.29) is 23.2 Å². The minimum atomic E-state index is -3.70. The third-order valence-electron chi connectivity index (χ3n) is 2.72. The van der Waals surface area contributed by atoms with E-state index >= 15 is 0 Å². The molecule has 8 nitrogen and oxygen atoms in total. The van der Waals surface area contributed by atoms with Crippen molar-refractivity contribution in [1.29, 1.82) is 0 Å². The monoisotopic (exact) mass is 310 g/mol. The Morgan fingerprint density at radius 3 is 2.67 bits per heavy atom. The summed E-state index contributed by atoms with van der Waals surface area (Å²) >= 11 is 0. The number of rotatable bonds is 5. The summed E-state index contributed by atoms with van der Waals surface area (Å²) in [5, 5.41) is 3.46. The van der Waals surface area contributed by atoms with Crippen LogP contribution >= 0.6 is 0 Å². The molecule has 0 aliphatic rings. The van der Waals surface area contributed by atoms with E-state index < -0.39 is 15.9 Å². The fourth-order valence-corrected chi connectivity index (χ4v) is 2.97. The van der Waals surface area contributed by atoms with Crippen LogP contribution in [0, 0.1) is 13.8 Å². The summed E-state index contributed by atoms with van der Waals surface area (Å²) in [5.41, 5.74) is 6.56. The minimum absolute atomic E-state index is 0.0251. The lowest BCUT2D eigenvalue weighted by Crippen LogP contribution is -2.24. The molecule has 0 spiro atoms. The maximum absolute atomic E-state index is 12.2. The number of carbonyl (C=O) groups excluding carboxylic acids is 1. The number of hydrogen-bond acceptors (Lipinski definition) is 6. The highest BCUT2D eigenvalue weighted by molar-refractivity contribution is 7.89. The summed E-state index contributed by atoms with van der Waals surface area (Å²) < 4.78 is 31.3. The molecule has 1 amide bonds. The van der Waals surface area contributed by atoms with E-state index in [1.54, 1.807) is 19.1 Å². The molecule has 9 heteroatoms. The molecular weight excluding hydrogens is 296 g/mol. The van der Waals surface area contributed by atoms with Gasteiger partial charge in [-0.15, -0.1) is 0 Å². The maximum Gasteiger partial charge on any atom is 0.315 e. The van der Waals surface area contributed by atoms with Gasteiger partial charge in [-0.3, -0.25) is 4.79 Å². The number of nitrogens with one attached hydrogen (secondary N) is 1. The number of aromatic nitrogens is 2. The summed E-state index contributed by atoms with van der Waals surface area (Å²) in [6.07, 6.45) is 0. The first kappa shape index (κ1) is 15.1. The topological polar surface area (TPSA) is 128 Å². The number of hydrogen-bond donors (Lipinski definition) is 2. The van der Waals surface area contributed by atoms with Crippen molar-refractivity contribution in [2.75, 3.05) is 0 Å².